The number of carbonyl (C=O) groups is 1. The van der Waals surface area contributed by atoms with Gasteiger partial charge in [-0.15, -0.1) is 11.8 Å². The van der Waals surface area contributed by atoms with E-state index in [1.807, 2.05) is 37.3 Å². The molecule has 2 aromatic carbocycles. The number of nitrogens with one attached hydrogen (secondary N) is 1. The molecular formula is C20H26N2O4S2. The van der Waals surface area contributed by atoms with Gasteiger partial charge in [0.15, 0.2) is 0 Å². The van der Waals surface area contributed by atoms with Gasteiger partial charge in [-0.25, -0.2) is 8.42 Å². The van der Waals surface area contributed by atoms with Gasteiger partial charge in [0.25, 0.3) is 0 Å². The lowest BCUT2D eigenvalue weighted by molar-refractivity contribution is -0.119. The van der Waals surface area contributed by atoms with Gasteiger partial charge in [0.2, 0.25) is 15.9 Å². The smallest absolute Gasteiger partial charge is 0.243 e. The van der Waals surface area contributed by atoms with Crippen molar-refractivity contribution in [3.63, 3.8) is 0 Å². The van der Waals surface area contributed by atoms with Crippen LogP contribution in [0.5, 0.6) is 0 Å². The number of benzene rings is 2. The van der Waals surface area contributed by atoms with Gasteiger partial charge in [-0.2, -0.15) is 4.31 Å². The minimum atomic E-state index is -3.58. The molecule has 0 aliphatic rings. The molecule has 0 saturated heterocycles. The largest absolute Gasteiger partial charge is 0.383 e. The number of nitrogens with zero attached hydrogens (tertiary/aromatic N) is 1. The molecule has 0 aliphatic heterocycles. The molecule has 1 amide bonds. The highest BCUT2D eigenvalue weighted by Crippen LogP contribution is 2.22. The van der Waals surface area contributed by atoms with Crippen LogP contribution in [0.2, 0.25) is 0 Å². The Labute approximate surface area is 171 Å². The highest BCUT2D eigenvalue weighted by atomic mass is 32.2. The first-order valence-corrected chi connectivity index (χ1v) is 11.3. The standard InChI is InChI=1S/C20H26N2O4S2/c1-16(14-26-3)21-20(23)15-27-18-9-11-19(12-10-18)28(24,25)22(2)13-17-7-5-4-6-8-17/h4-12,16H,13-15H2,1-3H3,(H,21,23)/t16-/m1/s1. The molecule has 0 aliphatic carbocycles. The van der Waals surface area contributed by atoms with E-state index in [0.29, 0.717) is 13.2 Å². The van der Waals surface area contributed by atoms with E-state index in [1.54, 1.807) is 38.4 Å². The SMILES string of the molecule is COC[C@@H](C)NC(=O)CSc1ccc(S(=O)(=O)N(C)Cc2ccccc2)cc1. The molecule has 0 unspecified atom stereocenters. The highest BCUT2D eigenvalue weighted by Gasteiger charge is 2.20. The summed E-state index contributed by atoms with van der Waals surface area (Å²) in [7, 11) is -0.423. The van der Waals surface area contributed by atoms with Gasteiger partial charge in [0.05, 0.1) is 17.3 Å². The van der Waals surface area contributed by atoms with Crippen molar-refractivity contribution < 1.29 is 17.9 Å². The van der Waals surface area contributed by atoms with Crippen LogP contribution >= 0.6 is 11.8 Å². The van der Waals surface area contributed by atoms with E-state index >= 15 is 0 Å². The molecule has 1 atom stereocenters. The van der Waals surface area contributed by atoms with Crippen molar-refractivity contribution >= 4 is 27.7 Å². The molecule has 1 N–H and O–H groups in total. The predicted octanol–water partition coefficient (Wildman–Crippen LogP) is 2.75. The molecule has 6 nitrogen and oxygen atoms in total. The van der Waals surface area contributed by atoms with E-state index in [4.69, 9.17) is 4.74 Å². The summed E-state index contributed by atoms with van der Waals surface area (Å²) >= 11 is 1.36. The summed E-state index contributed by atoms with van der Waals surface area (Å²) in [6.45, 7) is 2.64. The zero-order chi connectivity index (χ0) is 20.6. The molecule has 0 bridgehead atoms. The topological polar surface area (TPSA) is 75.7 Å². The van der Waals surface area contributed by atoms with E-state index in [1.165, 1.54) is 16.1 Å². The average Bonchev–Trinajstić information content (AvgIpc) is 2.67. The lowest BCUT2D eigenvalue weighted by atomic mass is 10.2. The molecular weight excluding hydrogens is 396 g/mol. The van der Waals surface area contributed by atoms with Gasteiger partial charge in [-0.3, -0.25) is 4.79 Å². The van der Waals surface area contributed by atoms with Crippen LogP contribution in [0.3, 0.4) is 0 Å². The average molecular weight is 423 g/mol. The Morgan fingerprint density at radius 2 is 1.79 bits per heavy atom. The molecule has 0 heterocycles. The molecule has 152 valence electrons. The van der Waals surface area contributed by atoms with Crippen molar-refractivity contribution in [3.8, 4) is 0 Å². The van der Waals surface area contributed by atoms with Crippen LogP contribution in [0.1, 0.15) is 12.5 Å². The summed E-state index contributed by atoms with van der Waals surface area (Å²) < 4.78 is 31.8. The van der Waals surface area contributed by atoms with Crippen molar-refractivity contribution in [1.29, 1.82) is 0 Å². The van der Waals surface area contributed by atoms with Crippen molar-refractivity contribution in [3.05, 3.63) is 60.2 Å². The number of thioether (sulfide) groups is 1. The maximum Gasteiger partial charge on any atom is 0.243 e. The van der Waals surface area contributed by atoms with Gasteiger partial charge in [-0.1, -0.05) is 30.3 Å². The first kappa shape index (κ1) is 22.4. The second-order valence-corrected chi connectivity index (χ2v) is 9.52. The zero-order valence-electron chi connectivity index (χ0n) is 16.3. The zero-order valence-corrected chi connectivity index (χ0v) is 17.9. The maximum atomic E-state index is 12.7. The van der Waals surface area contributed by atoms with Crippen molar-refractivity contribution in [2.45, 2.75) is 29.3 Å². The first-order valence-electron chi connectivity index (χ1n) is 8.84. The second-order valence-electron chi connectivity index (χ2n) is 6.43. The van der Waals surface area contributed by atoms with Crippen LogP contribution in [0, 0.1) is 0 Å². The predicted molar refractivity (Wildman–Crippen MR) is 112 cm³/mol. The number of hydrogen-bond donors (Lipinski definition) is 1. The van der Waals surface area contributed by atoms with Crippen molar-refractivity contribution in [2.75, 3.05) is 26.5 Å². The van der Waals surface area contributed by atoms with Gasteiger partial charge in [-0.05, 0) is 36.8 Å². The number of sulfonamides is 1. The van der Waals surface area contributed by atoms with Crippen molar-refractivity contribution in [1.82, 2.24) is 9.62 Å². The molecule has 0 spiro atoms. The first-order chi connectivity index (χ1) is 13.3. The summed E-state index contributed by atoms with van der Waals surface area (Å²) in [5.41, 5.74) is 0.925. The fourth-order valence-corrected chi connectivity index (χ4v) is 4.44. The summed E-state index contributed by atoms with van der Waals surface area (Å²) in [6, 6.07) is 16.0. The minimum Gasteiger partial charge on any atom is -0.383 e. The number of amides is 1. The molecule has 0 aromatic heterocycles. The Morgan fingerprint density at radius 3 is 2.39 bits per heavy atom. The van der Waals surface area contributed by atoms with E-state index in [2.05, 4.69) is 5.32 Å². The number of hydrogen-bond acceptors (Lipinski definition) is 5. The second kappa shape index (κ2) is 10.6. The highest BCUT2D eigenvalue weighted by molar-refractivity contribution is 8.00. The quantitative estimate of drug-likeness (QED) is 0.596. The fraction of sp³-hybridized carbons (Fsp3) is 0.350. The summed E-state index contributed by atoms with van der Waals surface area (Å²) in [6.07, 6.45) is 0. The van der Waals surface area contributed by atoms with Gasteiger partial charge >= 0.3 is 0 Å². The third kappa shape index (κ3) is 6.63. The number of methoxy groups -OCH3 is 1. The van der Waals surface area contributed by atoms with Crippen LogP contribution in [0.4, 0.5) is 0 Å². The lowest BCUT2D eigenvalue weighted by Gasteiger charge is -2.17. The fourth-order valence-electron chi connectivity index (χ4n) is 2.57. The van der Waals surface area contributed by atoms with Gasteiger partial charge in [0, 0.05) is 31.6 Å². The minimum absolute atomic E-state index is 0.0502. The Balaban J connectivity index is 1.94. The summed E-state index contributed by atoms with van der Waals surface area (Å²) in [5, 5.41) is 2.84. The van der Waals surface area contributed by atoms with E-state index < -0.39 is 10.0 Å². The van der Waals surface area contributed by atoms with E-state index in [9.17, 15) is 13.2 Å². The van der Waals surface area contributed by atoms with E-state index in [0.717, 1.165) is 10.5 Å². The Kier molecular flexibility index (Phi) is 8.50. The lowest BCUT2D eigenvalue weighted by Crippen LogP contribution is -2.36. The molecule has 2 rings (SSSR count). The van der Waals surface area contributed by atoms with Crippen LogP contribution in [-0.2, 0) is 26.1 Å². The number of carbonyl (C=O) groups excluding carboxylic acids is 1. The van der Waals surface area contributed by atoms with Gasteiger partial charge in [0.1, 0.15) is 0 Å². The molecule has 0 radical (unpaired) electrons. The van der Waals surface area contributed by atoms with Crippen LogP contribution in [0.25, 0.3) is 0 Å². The monoisotopic (exact) mass is 422 g/mol. The molecule has 28 heavy (non-hydrogen) atoms. The Morgan fingerprint density at radius 1 is 1.14 bits per heavy atom. The molecule has 0 saturated carbocycles. The summed E-state index contributed by atoms with van der Waals surface area (Å²) in [5.74, 6) is 0.169. The maximum absolute atomic E-state index is 12.7. The third-order valence-corrected chi connectivity index (χ3v) is 6.80. The van der Waals surface area contributed by atoms with Crippen molar-refractivity contribution in [2.24, 2.45) is 0 Å². The normalized spacial score (nSPS) is 12.7. The molecule has 8 heteroatoms. The summed E-state index contributed by atoms with van der Waals surface area (Å²) in [4.78, 5) is 13.0. The molecule has 2 aromatic rings. The Bertz CT molecular complexity index is 856. The van der Waals surface area contributed by atoms with E-state index in [-0.39, 0.29) is 22.6 Å². The Hall–Kier alpha value is -1.87. The van der Waals surface area contributed by atoms with Crippen LogP contribution < -0.4 is 5.32 Å². The number of ether oxygens (including phenoxy) is 1. The molecule has 0 fully saturated rings. The third-order valence-electron chi connectivity index (χ3n) is 3.97. The van der Waals surface area contributed by atoms with Crippen LogP contribution in [0.15, 0.2) is 64.4 Å². The van der Waals surface area contributed by atoms with Gasteiger partial charge < -0.3 is 10.1 Å². The van der Waals surface area contributed by atoms with Crippen LogP contribution in [-0.4, -0.2) is 51.2 Å². The number of rotatable bonds is 10.